The topological polar surface area (TPSA) is 67.6 Å². The van der Waals surface area contributed by atoms with Crippen molar-refractivity contribution in [2.24, 2.45) is 0 Å². The summed E-state index contributed by atoms with van der Waals surface area (Å²) in [7, 11) is 0. The Balaban J connectivity index is 2.07. The summed E-state index contributed by atoms with van der Waals surface area (Å²) in [5.41, 5.74) is 6.08. The summed E-state index contributed by atoms with van der Waals surface area (Å²) in [5.74, 6) is 0.329. The molecule has 0 saturated carbocycles. The highest BCUT2D eigenvalue weighted by Gasteiger charge is 2.07. The molecule has 0 radical (unpaired) electrons. The first-order valence-corrected chi connectivity index (χ1v) is 5.76. The largest absolute Gasteiger partial charge is 0.368 e. The number of hydrogen-bond donors (Lipinski definition) is 2. The van der Waals surface area contributed by atoms with Crippen LogP contribution < -0.4 is 5.73 Å². The Kier molecular flexibility index (Phi) is 3.31. The molecule has 3 N–H and O–H groups in total. The van der Waals surface area contributed by atoms with Crippen LogP contribution in [0.25, 0.3) is 0 Å². The van der Waals surface area contributed by atoms with E-state index in [0.29, 0.717) is 16.5 Å². The number of halogens is 2. The molecule has 0 aliphatic heterocycles. The van der Waals surface area contributed by atoms with Crippen molar-refractivity contribution in [3.05, 3.63) is 34.6 Å². The molecule has 2 aromatic rings. The number of anilines is 1. The van der Waals surface area contributed by atoms with E-state index in [1.807, 2.05) is 0 Å². The third-order valence-corrected chi connectivity index (χ3v) is 3.19. The molecule has 0 aliphatic rings. The zero-order chi connectivity index (χ0) is 11.5. The van der Waals surface area contributed by atoms with Gasteiger partial charge >= 0.3 is 0 Å². The molecule has 2 rings (SSSR count). The van der Waals surface area contributed by atoms with E-state index in [1.54, 1.807) is 12.1 Å². The minimum atomic E-state index is -0.422. The molecule has 0 aliphatic carbocycles. The van der Waals surface area contributed by atoms with Gasteiger partial charge in [-0.05, 0) is 11.6 Å². The second-order valence-corrected chi connectivity index (χ2v) is 4.33. The minimum Gasteiger partial charge on any atom is -0.368 e. The van der Waals surface area contributed by atoms with Crippen molar-refractivity contribution in [3.63, 3.8) is 0 Å². The Labute approximate surface area is 100 Å². The molecule has 16 heavy (non-hydrogen) atoms. The first kappa shape index (κ1) is 11.2. The van der Waals surface area contributed by atoms with Crippen molar-refractivity contribution in [3.8, 4) is 0 Å². The van der Waals surface area contributed by atoms with Crippen molar-refractivity contribution in [1.82, 2.24) is 15.2 Å². The van der Waals surface area contributed by atoms with Gasteiger partial charge in [-0.15, -0.1) is 5.10 Å². The number of thioether (sulfide) groups is 1. The molecular formula is C9H8ClFN4S. The van der Waals surface area contributed by atoms with E-state index in [0.717, 1.165) is 0 Å². The molecule has 4 nitrogen and oxygen atoms in total. The van der Waals surface area contributed by atoms with Crippen LogP contribution in [-0.4, -0.2) is 15.2 Å². The van der Waals surface area contributed by atoms with Gasteiger partial charge in [-0.3, -0.25) is 0 Å². The summed E-state index contributed by atoms with van der Waals surface area (Å²) in [6.07, 6.45) is 0. The van der Waals surface area contributed by atoms with Gasteiger partial charge in [0.05, 0.1) is 5.02 Å². The smallest absolute Gasteiger partial charge is 0.216 e. The molecule has 1 aromatic carbocycles. The van der Waals surface area contributed by atoms with Crippen LogP contribution in [-0.2, 0) is 5.75 Å². The van der Waals surface area contributed by atoms with Crippen LogP contribution in [0, 0.1) is 5.82 Å². The van der Waals surface area contributed by atoms with E-state index in [9.17, 15) is 4.39 Å². The van der Waals surface area contributed by atoms with Crippen molar-refractivity contribution >= 4 is 29.3 Å². The van der Waals surface area contributed by atoms with Crippen LogP contribution in [0.2, 0.25) is 5.02 Å². The van der Waals surface area contributed by atoms with Gasteiger partial charge in [-0.2, -0.15) is 4.98 Å². The van der Waals surface area contributed by atoms with Gasteiger partial charge in [-0.25, -0.2) is 9.49 Å². The molecule has 0 atom stereocenters. The van der Waals surface area contributed by atoms with Gasteiger partial charge in [0, 0.05) is 5.75 Å². The lowest BCUT2D eigenvalue weighted by Crippen LogP contribution is -1.87. The highest BCUT2D eigenvalue weighted by Crippen LogP contribution is 2.26. The van der Waals surface area contributed by atoms with Crippen molar-refractivity contribution in [2.75, 3.05) is 5.73 Å². The third kappa shape index (κ3) is 2.45. The molecular weight excluding hydrogens is 251 g/mol. The summed E-state index contributed by atoms with van der Waals surface area (Å²) in [6, 6.07) is 4.69. The maximum Gasteiger partial charge on any atom is 0.216 e. The molecule has 0 bridgehead atoms. The van der Waals surface area contributed by atoms with E-state index in [-0.39, 0.29) is 11.0 Å². The summed E-state index contributed by atoms with van der Waals surface area (Å²) in [4.78, 5) is 3.92. The Morgan fingerprint density at radius 2 is 2.31 bits per heavy atom. The first-order valence-electron chi connectivity index (χ1n) is 4.40. The maximum atomic E-state index is 13.1. The van der Waals surface area contributed by atoms with Gasteiger partial charge in [0.25, 0.3) is 0 Å². The number of H-pyrrole nitrogens is 1. The third-order valence-electron chi connectivity index (χ3n) is 1.87. The lowest BCUT2D eigenvalue weighted by atomic mass is 10.2. The SMILES string of the molecule is Nc1nc(SCc2cccc(F)c2Cl)n[nH]1. The summed E-state index contributed by atoms with van der Waals surface area (Å²) < 4.78 is 13.1. The lowest BCUT2D eigenvalue weighted by molar-refractivity contribution is 0.627. The summed E-state index contributed by atoms with van der Waals surface area (Å²) in [5, 5.41) is 7.02. The number of aromatic amines is 1. The number of nitrogens with zero attached hydrogens (tertiary/aromatic N) is 2. The molecule has 1 heterocycles. The molecule has 84 valence electrons. The van der Waals surface area contributed by atoms with E-state index in [1.165, 1.54) is 17.8 Å². The molecule has 0 spiro atoms. The highest BCUT2D eigenvalue weighted by molar-refractivity contribution is 7.98. The van der Waals surface area contributed by atoms with Crippen LogP contribution in [0.3, 0.4) is 0 Å². The predicted molar refractivity (Wildman–Crippen MR) is 61.8 cm³/mol. The fourth-order valence-corrected chi connectivity index (χ4v) is 2.20. The standard InChI is InChI=1S/C9H8ClFN4S/c10-7-5(2-1-3-6(7)11)4-16-9-13-8(12)14-15-9/h1-3H,4H2,(H3,12,13,14,15). The highest BCUT2D eigenvalue weighted by atomic mass is 35.5. The van der Waals surface area contributed by atoms with Crippen LogP contribution in [0.15, 0.2) is 23.4 Å². The van der Waals surface area contributed by atoms with Crippen LogP contribution in [0.5, 0.6) is 0 Å². The Morgan fingerprint density at radius 3 is 3.00 bits per heavy atom. The van der Waals surface area contributed by atoms with Gasteiger partial charge < -0.3 is 5.73 Å². The number of hydrogen-bond acceptors (Lipinski definition) is 4. The number of nitrogens with one attached hydrogen (secondary N) is 1. The molecule has 1 aromatic heterocycles. The zero-order valence-corrected chi connectivity index (χ0v) is 9.65. The Bertz CT molecular complexity index is 502. The van der Waals surface area contributed by atoms with Crippen molar-refractivity contribution in [1.29, 1.82) is 0 Å². The van der Waals surface area contributed by atoms with Crippen LogP contribution in [0.1, 0.15) is 5.56 Å². The number of aromatic nitrogens is 3. The number of rotatable bonds is 3. The second kappa shape index (κ2) is 4.71. The van der Waals surface area contributed by atoms with E-state index in [2.05, 4.69) is 15.2 Å². The van der Waals surface area contributed by atoms with Crippen molar-refractivity contribution < 1.29 is 4.39 Å². The minimum absolute atomic E-state index is 0.138. The Hall–Kier alpha value is -1.27. The molecule has 7 heteroatoms. The van der Waals surface area contributed by atoms with E-state index in [4.69, 9.17) is 17.3 Å². The number of benzene rings is 1. The van der Waals surface area contributed by atoms with Gasteiger partial charge in [0.1, 0.15) is 5.82 Å². The summed E-state index contributed by atoms with van der Waals surface area (Å²) in [6.45, 7) is 0. The predicted octanol–water partition coefficient (Wildman–Crippen LogP) is 2.47. The second-order valence-electron chi connectivity index (χ2n) is 3.00. The number of nitrogens with two attached hydrogens (primary N) is 1. The average molecular weight is 259 g/mol. The Morgan fingerprint density at radius 1 is 1.50 bits per heavy atom. The van der Waals surface area contributed by atoms with E-state index < -0.39 is 5.82 Å². The fourth-order valence-electron chi connectivity index (χ4n) is 1.12. The summed E-state index contributed by atoms with van der Waals surface area (Å²) >= 11 is 7.14. The van der Waals surface area contributed by atoms with Gasteiger partial charge in [-0.1, -0.05) is 35.5 Å². The van der Waals surface area contributed by atoms with Gasteiger partial charge in [0.2, 0.25) is 11.1 Å². The monoisotopic (exact) mass is 258 g/mol. The maximum absolute atomic E-state index is 13.1. The lowest BCUT2D eigenvalue weighted by Gasteiger charge is -2.02. The quantitative estimate of drug-likeness (QED) is 0.830. The normalized spacial score (nSPS) is 10.6. The van der Waals surface area contributed by atoms with Gasteiger partial charge in [0.15, 0.2) is 0 Å². The zero-order valence-electron chi connectivity index (χ0n) is 8.08. The first-order chi connectivity index (χ1) is 7.66. The molecule has 0 fully saturated rings. The molecule has 0 unspecified atom stereocenters. The van der Waals surface area contributed by atoms with Crippen molar-refractivity contribution in [2.45, 2.75) is 10.9 Å². The fraction of sp³-hybridized carbons (Fsp3) is 0.111. The average Bonchev–Trinajstić information content (AvgIpc) is 2.67. The number of nitrogen functional groups attached to an aromatic ring is 1. The molecule has 0 amide bonds. The molecule has 0 saturated heterocycles. The van der Waals surface area contributed by atoms with Crippen LogP contribution >= 0.6 is 23.4 Å². The van der Waals surface area contributed by atoms with E-state index >= 15 is 0 Å². The van der Waals surface area contributed by atoms with Crippen LogP contribution in [0.4, 0.5) is 10.3 Å².